The summed E-state index contributed by atoms with van der Waals surface area (Å²) in [5, 5.41) is 6.34. The highest BCUT2D eigenvalue weighted by Crippen LogP contribution is 2.46. The molecule has 6 heteroatoms. The molecule has 2 aliphatic carbocycles. The Morgan fingerprint density at radius 2 is 2.04 bits per heavy atom. The minimum atomic E-state index is -0.557. The van der Waals surface area contributed by atoms with Gasteiger partial charge in [-0.15, -0.1) is 0 Å². The molecule has 0 saturated heterocycles. The molecule has 6 nitrogen and oxygen atoms in total. The third kappa shape index (κ3) is 3.46. The predicted octanol–water partition coefficient (Wildman–Crippen LogP) is 2.93. The predicted molar refractivity (Wildman–Crippen MR) is 110 cm³/mol. The largest absolute Gasteiger partial charge is 0.369 e. The quantitative estimate of drug-likeness (QED) is 0.664. The molecule has 4 rings (SSSR count). The summed E-state index contributed by atoms with van der Waals surface area (Å²) >= 11 is 0. The number of carbonyl (C=O) groups excluding carboxylic acids is 2. The molecule has 1 heterocycles. The second-order valence-electron chi connectivity index (χ2n) is 7.75. The summed E-state index contributed by atoms with van der Waals surface area (Å²) in [4.78, 5) is 28.9. The number of hydrogen-bond donors (Lipinski definition) is 3. The number of hydrogen-bond acceptors (Lipinski definition) is 4. The first-order valence-corrected chi connectivity index (χ1v) is 9.94. The number of allylic oxidation sites excluding steroid dienone is 3. The number of primary amides is 1. The number of nitrogens with two attached hydrogens (primary N) is 1. The summed E-state index contributed by atoms with van der Waals surface area (Å²) in [6, 6.07) is 7.53. The highest BCUT2D eigenvalue weighted by molar-refractivity contribution is 6.04. The van der Waals surface area contributed by atoms with Crippen molar-refractivity contribution in [3.8, 4) is 0 Å². The van der Waals surface area contributed by atoms with E-state index in [-0.39, 0.29) is 18.0 Å². The molecule has 2 amide bonds. The monoisotopic (exact) mass is 378 g/mol. The zero-order valence-corrected chi connectivity index (χ0v) is 15.9. The van der Waals surface area contributed by atoms with Gasteiger partial charge in [-0.2, -0.15) is 0 Å². The fourth-order valence-electron chi connectivity index (χ4n) is 4.19. The number of benzene rings is 1. The van der Waals surface area contributed by atoms with Gasteiger partial charge in [-0.25, -0.2) is 0 Å². The molecule has 1 atom stereocenters. The number of rotatable bonds is 6. The summed E-state index contributed by atoms with van der Waals surface area (Å²) in [6.45, 7) is 0.689. The van der Waals surface area contributed by atoms with Gasteiger partial charge in [0.2, 0.25) is 5.91 Å². The lowest BCUT2D eigenvalue weighted by Gasteiger charge is -2.42. The molecule has 146 valence electrons. The number of nitrogens with zero attached hydrogens (tertiary/aromatic N) is 1. The van der Waals surface area contributed by atoms with E-state index in [0.717, 1.165) is 42.7 Å². The van der Waals surface area contributed by atoms with Gasteiger partial charge in [0.25, 0.3) is 5.91 Å². The van der Waals surface area contributed by atoms with Crippen LogP contribution in [0.25, 0.3) is 0 Å². The molecule has 0 bridgehead atoms. The highest BCUT2D eigenvalue weighted by atomic mass is 16.2. The van der Waals surface area contributed by atoms with Crippen molar-refractivity contribution < 1.29 is 9.59 Å². The van der Waals surface area contributed by atoms with Crippen molar-refractivity contribution in [2.75, 3.05) is 11.9 Å². The fourth-order valence-corrected chi connectivity index (χ4v) is 4.19. The van der Waals surface area contributed by atoms with Crippen LogP contribution < -0.4 is 16.4 Å². The first-order chi connectivity index (χ1) is 13.6. The van der Waals surface area contributed by atoms with Crippen molar-refractivity contribution in [3.63, 3.8) is 0 Å². The van der Waals surface area contributed by atoms with Crippen molar-refractivity contribution in [1.29, 1.82) is 0 Å². The second-order valence-corrected chi connectivity index (χ2v) is 7.75. The van der Waals surface area contributed by atoms with Gasteiger partial charge in [0, 0.05) is 30.8 Å². The van der Waals surface area contributed by atoms with Gasteiger partial charge in [-0.05, 0) is 43.4 Å². The number of aliphatic imine (C=N–C) groups is 1. The minimum Gasteiger partial charge on any atom is -0.369 e. The van der Waals surface area contributed by atoms with Crippen LogP contribution in [-0.4, -0.2) is 30.2 Å². The number of carbonyl (C=O) groups is 2. The molecule has 4 N–H and O–H groups in total. The van der Waals surface area contributed by atoms with Crippen molar-refractivity contribution in [3.05, 3.63) is 53.6 Å². The van der Waals surface area contributed by atoms with Crippen LogP contribution >= 0.6 is 0 Å². The fraction of sp³-hybridized carbons (Fsp3) is 0.409. The molecule has 28 heavy (non-hydrogen) atoms. The van der Waals surface area contributed by atoms with E-state index in [9.17, 15) is 9.59 Å². The third-order valence-electron chi connectivity index (χ3n) is 5.82. The maximum absolute atomic E-state index is 12.1. The zero-order chi connectivity index (χ0) is 19.6. The molecule has 0 aromatic heterocycles. The Labute approximate surface area is 165 Å². The number of amides is 2. The summed E-state index contributed by atoms with van der Waals surface area (Å²) in [5.74, 6) is -0.290. The molecule has 1 aliphatic heterocycles. The average molecular weight is 378 g/mol. The third-order valence-corrected chi connectivity index (χ3v) is 5.82. The summed E-state index contributed by atoms with van der Waals surface area (Å²) in [5.41, 5.74) is 8.83. The molecule has 1 saturated carbocycles. The lowest BCUT2D eigenvalue weighted by molar-refractivity contribution is -0.126. The van der Waals surface area contributed by atoms with Crippen molar-refractivity contribution in [2.24, 2.45) is 16.1 Å². The summed E-state index contributed by atoms with van der Waals surface area (Å²) in [6.07, 6.45) is 11.1. The van der Waals surface area contributed by atoms with E-state index in [1.807, 2.05) is 30.3 Å². The summed E-state index contributed by atoms with van der Waals surface area (Å²) in [7, 11) is 0. The van der Waals surface area contributed by atoms with E-state index in [0.29, 0.717) is 24.9 Å². The topological polar surface area (TPSA) is 96.6 Å². The maximum Gasteiger partial charge on any atom is 0.254 e. The molecule has 0 spiro atoms. The van der Waals surface area contributed by atoms with Crippen LogP contribution in [0.5, 0.6) is 0 Å². The molecule has 1 aromatic carbocycles. The van der Waals surface area contributed by atoms with Crippen LogP contribution in [0.1, 0.15) is 48.9 Å². The Kier molecular flexibility index (Phi) is 5.03. The van der Waals surface area contributed by atoms with Gasteiger partial charge >= 0.3 is 0 Å². The smallest absolute Gasteiger partial charge is 0.254 e. The van der Waals surface area contributed by atoms with E-state index in [1.54, 1.807) is 0 Å². The Morgan fingerprint density at radius 3 is 2.79 bits per heavy atom. The van der Waals surface area contributed by atoms with E-state index in [1.165, 1.54) is 0 Å². The van der Waals surface area contributed by atoms with E-state index < -0.39 is 5.41 Å². The maximum atomic E-state index is 12.1. The van der Waals surface area contributed by atoms with Crippen molar-refractivity contribution >= 4 is 23.2 Å². The van der Waals surface area contributed by atoms with Crippen LogP contribution in [0.2, 0.25) is 0 Å². The molecule has 0 radical (unpaired) electrons. The van der Waals surface area contributed by atoms with Crippen LogP contribution in [0.15, 0.2) is 53.1 Å². The minimum absolute atomic E-state index is 0.0373. The summed E-state index contributed by atoms with van der Waals surface area (Å²) < 4.78 is 0. The Hall–Kier alpha value is -2.89. The molecule has 1 fully saturated rings. The Balaban J connectivity index is 1.28. The highest BCUT2D eigenvalue weighted by Gasteiger charge is 2.49. The van der Waals surface area contributed by atoms with Gasteiger partial charge in [0.1, 0.15) is 0 Å². The molecular formula is C22H26N4O2. The average Bonchev–Trinajstić information content (AvgIpc) is 2.67. The van der Waals surface area contributed by atoms with Gasteiger partial charge in [0.05, 0.1) is 17.1 Å². The SMILES string of the molecule is NC(=O)C1(C2=CCCC=C2)CC(=NCCCC2NC(=O)c3ccccc3N2)C1. The van der Waals surface area contributed by atoms with Gasteiger partial charge in [-0.3, -0.25) is 14.6 Å². The first kappa shape index (κ1) is 18.5. The molecule has 1 aromatic rings. The number of fused-ring (bicyclic) bond motifs is 1. The van der Waals surface area contributed by atoms with Gasteiger partial charge < -0.3 is 16.4 Å². The lowest BCUT2D eigenvalue weighted by atomic mass is 9.61. The van der Waals surface area contributed by atoms with Crippen LogP contribution in [0.3, 0.4) is 0 Å². The lowest BCUT2D eigenvalue weighted by Crippen LogP contribution is -2.49. The standard InChI is InChI=1S/C22H26N4O2/c23-21(28)22(15-7-2-1-3-8-15)13-16(14-22)24-12-6-11-19-25-18-10-5-4-9-17(18)20(27)26-19/h2,4-5,7-10,19,25H,1,3,6,11-14H2,(H2,23,28)(H,26,27). The Morgan fingerprint density at radius 1 is 1.21 bits per heavy atom. The van der Waals surface area contributed by atoms with Crippen molar-refractivity contribution in [1.82, 2.24) is 5.32 Å². The van der Waals surface area contributed by atoms with Crippen molar-refractivity contribution in [2.45, 2.75) is 44.7 Å². The normalized spacial score (nSPS) is 25.7. The second kappa shape index (κ2) is 7.62. The van der Waals surface area contributed by atoms with Gasteiger partial charge in [0.15, 0.2) is 0 Å². The number of anilines is 1. The van der Waals surface area contributed by atoms with Gasteiger partial charge in [-0.1, -0.05) is 30.4 Å². The van der Waals surface area contributed by atoms with Crippen LogP contribution in [0.4, 0.5) is 5.69 Å². The number of nitrogens with one attached hydrogen (secondary N) is 2. The number of para-hydroxylation sites is 1. The van der Waals surface area contributed by atoms with E-state index in [2.05, 4.69) is 27.8 Å². The molecule has 1 unspecified atom stereocenters. The van der Waals surface area contributed by atoms with E-state index >= 15 is 0 Å². The molecule has 3 aliphatic rings. The van der Waals surface area contributed by atoms with Crippen LogP contribution in [-0.2, 0) is 4.79 Å². The zero-order valence-electron chi connectivity index (χ0n) is 15.9. The molecular weight excluding hydrogens is 352 g/mol. The first-order valence-electron chi connectivity index (χ1n) is 9.94. The Bertz CT molecular complexity index is 876. The van der Waals surface area contributed by atoms with E-state index in [4.69, 9.17) is 5.73 Å². The van der Waals surface area contributed by atoms with Crippen LogP contribution in [0, 0.1) is 5.41 Å².